The summed E-state index contributed by atoms with van der Waals surface area (Å²) in [7, 11) is 0. The van der Waals surface area contributed by atoms with Crippen LogP contribution < -0.4 is 4.90 Å². The first kappa shape index (κ1) is 17.6. The molecule has 1 aliphatic rings. The molecule has 5 rings (SSSR count). The normalized spacial score (nSPS) is 16.6. The molecule has 144 valence electrons. The van der Waals surface area contributed by atoms with Gasteiger partial charge in [0.1, 0.15) is 6.04 Å². The number of para-hydroxylation sites is 1. The van der Waals surface area contributed by atoms with Gasteiger partial charge in [-0.15, -0.1) is 0 Å². The Morgan fingerprint density at radius 2 is 1.62 bits per heavy atom. The number of aliphatic hydroxyl groups is 1. The van der Waals surface area contributed by atoms with E-state index in [1.54, 1.807) is 0 Å². The number of nitrogens with zero attached hydrogens (tertiary/aromatic N) is 3. The molecule has 0 amide bonds. The molecule has 1 aliphatic heterocycles. The second-order valence-corrected chi connectivity index (χ2v) is 7.23. The number of aliphatic hydroxyl groups excluding tert-OH is 1. The second-order valence-electron chi connectivity index (χ2n) is 7.23. The van der Waals surface area contributed by atoms with Gasteiger partial charge in [0.25, 0.3) is 5.89 Å². The first-order valence-electron chi connectivity index (χ1n) is 9.75. The topological polar surface area (TPSA) is 62.4 Å². The highest BCUT2D eigenvalue weighted by Crippen LogP contribution is 2.43. The maximum Gasteiger partial charge on any atom is 0.254 e. The van der Waals surface area contributed by atoms with Gasteiger partial charge in [0.15, 0.2) is 0 Å². The quantitative estimate of drug-likeness (QED) is 0.553. The number of fused-ring (bicyclic) bond motifs is 1. The third kappa shape index (κ3) is 3.19. The zero-order valence-electron chi connectivity index (χ0n) is 15.8. The summed E-state index contributed by atoms with van der Waals surface area (Å²) >= 11 is 0. The number of anilines is 1. The molecule has 5 heteroatoms. The second kappa shape index (κ2) is 7.53. The van der Waals surface area contributed by atoms with Crippen LogP contribution in [0.5, 0.6) is 0 Å². The Morgan fingerprint density at radius 1 is 0.931 bits per heavy atom. The maximum atomic E-state index is 9.93. The summed E-state index contributed by atoms with van der Waals surface area (Å²) in [5.74, 6) is 1.19. The van der Waals surface area contributed by atoms with Crippen LogP contribution in [0.4, 0.5) is 5.69 Å². The Bertz CT molecular complexity index is 1100. The van der Waals surface area contributed by atoms with Crippen molar-refractivity contribution in [2.24, 2.45) is 0 Å². The molecule has 0 radical (unpaired) electrons. The summed E-state index contributed by atoms with van der Waals surface area (Å²) < 4.78 is 5.77. The first-order chi connectivity index (χ1) is 14.3. The van der Waals surface area contributed by atoms with E-state index in [9.17, 15) is 5.11 Å². The van der Waals surface area contributed by atoms with Crippen molar-refractivity contribution in [1.82, 2.24) is 10.1 Å². The lowest BCUT2D eigenvalue weighted by Gasteiger charge is -2.28. The van der Waals surface area contributed by atoms with E-state index in [4.69, 9.17) is 9.51 Å². The van der Waals surface area contributed by atoms with Gasteiger partial charge < -0.3 is 14.5 Å². The standard InChI is InChI=1S/C24H21N3O2/c28-16-19-15-27(21-14-8-7-13-20(19)21)22(17-9-3-1-4-10-17)24-25-23(26-29-24)18-11-5-2-6-12-18/h1-14,19,22,28H,15-16H2. The highest BCUT2D eigenvalue weighted by molar-refractivity contribution is 5.63. The minimum absolute atomic E-state index is 0.0638. The van der Waals surface area contributed by atoms with Gasteiger partial charge in [0.2, 0.25) is 5.82 Å². The third-order valence-corrected chi connectivity index (χ3v) is 5.46. The maximum absolute atomic E-state index is 9.93. The molecule has 0 aliphatic carbocycles. The Kier molecular flexibility index (Phi) is 4.58. The summed E-state index contributed by atoms with van der Waals surface area (Å²) in [5, 5.41) is 14.2. The largest absolute Gasteiger partial charge is 0.396 e. The molecule has 0 saturated carbocycles. The molecular weight excluding hydrogens is 362 g/mol. The highest BCUT2D eigenvalue weighted by atomic mass is 16.5. The summed E-state index contributed by atoms with van der Waals surface area (Å²) in [6, 6.07) is 28.0. The number of hydrogen-bond donors (Lipinski definition) is 1. The van der Waals surface area contributed by atoms with Crippen molar-refractivity contribution in [2.45, 2.75) is 12.0 Å². The number of rotatable bonds is 5. The van der Waals surface area contributed by atoms with Crippen molar-refractivity contribution < 1.29 is 9.63 Å². The zero-order valence-corrected chi connectivity index (χ0v) is 15.8. The lowest BCUT2D eigenvalue weighted by molar-refractivity contribution is 0.269. The predicted molar refractivity (Wildman–Crippen MR) is 112 cm³/mol. The third-order valence-electron chi connectivity index (χ3n) is 5.46. The Labute approximate surface area is 169 Å². The molecule has 1 aromatic heterocycles. The molecule has 2 heterocycles. The van der Waals surface area contributed by atoms with E-state index in [0.29, 0.717) is 18.3 Å². The van der Waals surface area contributed by atoms with Crippen LogP contribution in [0.25, 0.3) is 11.4 Å². The van der Waals surface area contributed by atoms with E-state index in [0.717, 1.165) is 22.4 Å². The average molecular weight is 383 g/mol. The van der Waals surface area contributed by atoms with Crippen LogP contribution in [0.3, 0.4) is 0 Å². The van der Waals surface area contributed by atoms with Crippen molar-refractivity contribution in [3.63, 3.8) is 0 Å². The number of aromatic nitrogens is 2. The molecular formula is C24H21N3O2. The van der Waals surface area contributed by atoms with Crippen LogP contribution in [0.15, 0.2) is 89.5 Å². The molecule has 2 unspecified atom stereocenters. The van der Waals surface area contributed by atoms with Crippen molar-refractivity contribution in [1.29, 1.82) is 0 Å². The molecule has 0 bridgehead atoms. The Hall–Kier alpha value is -3.44. The Morgan fingerprint density at radius 3 is 2.38 bits per heavy atom. The predicted octanol–water partition coefficient (Wildman–Crippen LogP) is 4.42. The van der Waals surface area contributed by atoms with Gasteiger partial charge in [0.05, 0.1) is 6.61 Å². The van der Waals surface area contributed by atoms with E-state index in [1.165, 1.54) is 0 Å². The minimum Gasteiger partial charge on any atom is -0.396 e. The summed E-state index contributed by atoms with van der Waals surface area (Å²) in [5.41, 5.74) is 4.24. The summed E-state index contributed by atoms with van der Waals surface area (Å²) in [6.45, 7) is 0.798. The highest BCUT2D eigenvalue weighted by Gasteiger charge is 2.36. The van der Waals surface area contributed by atoms with Gasteiger partial charge in [-0.05, 0) is 17.2 Å². The van der Waals surface area contributed by atoms with Gasteiger partial charge in [-0.2, -0.15) is 4.98 Å². The van der Waals surface area contributed by atoms with Crippen LogP contribution in [0.2, 0.25) is 0 Å². The van der Waals surface area contributed by atoms with Crippen molar-refractivity contribution in [3.05, 3.63) is 102 Å². The molecule has 5 nitrogen and oxygen atoms in total. The van der Waals surface area contributed by atoms with E-state index in [1.807, 2.05) is 60.7 Å². The summed E-state index contributed by atoms with van der Waals surface area (Å²) in [6.07, 6.45) is 0. The lowest BCUT2D eigenvalue weighted by atomic mass is 10.0. The molecule has 29 heavy (non-hydrogen) atoms. The van der Waals surface area contributed by atoms with E-state index < -0.39 is 0 Å². The Balaban J connectivity index is 1.60. The van der Waals surface area contributed by atoms with Gasteiger partial charge in [-0.1, -0.05) is 84.0 Å². The van der Waals surface area contributed by atoms with E-state index >= 15 is 0 Å². The molecule has 0 saturated heterocycles. The molecule has 3 aromatic carbocycles. The van der Waals surface area contributed by atoms with E-state index in [-0.39, 0.29) is 18.6 Å². The molecule has 4 aromatic rings. The lowest BCUT2D eigenvalue weighted by Crippen LogP contribution is -2.29. The smallest absolute Gasteiger partial charge is 0.254 e. The number of benzene rings is 3. The van der Waals surface area contributed by atoms with Crippen molar-refractivity contribution >= 4 is 5.69 Å². The minimum atomic E-state index is -0.223. The van der Waals surface area contributed by atoms with E-state index in [2.05, 4.69) is 34.3 Å². The fourth-order valence-corrected chi connectivity index (χ4v) is 4.07. The SMILES string of the molecule is OCC1CN(C(c2ccccc2)c2nc(-c3ccccc3)no2)c2ccccc21. The van der Waals surface area contributed by atoms with Crippen LogP contribution in [-0.2, 0) is 0 Å². The first-order valence-corrected chi connectivity index (χ1v) is 9.75. The average Bonchev–Trinajstić information content (AvgIpc) is 3.41. The zero-order chi connectivity index (χ0) is 19.6. The fourth-order valence-electron chi connectivity index (χ4n) is 4.07. The fraction of sp³-hybridized carbons (Fsp3) is 0.167. The number of hydrogen-bond acceptors (Lipinski definition) is 5. The van der Waals surface area contributed by atoms with Gasteiger partial charge in [0, 0.05) is 23.7 Å². The summed E-state index contributed by atoms with van der Waals surface area (Å²) in [4.78, 5) is 7.00. The molecule has 0 spiro atoms. The van der Waals surface area contributed by atoms with Gasteiger partial charge in [-0.3, -0.25) is 0 Å². The van der Waals surface area contributed by atoms with Crippen molar-refractivity contribution in [2.75, 3.05) is 18.1 Å². The van der Waals surface area contributed by atoms with Crippen molar-refractivity contribution in [3.8, 4) is 11.4 Å². The van der Waals surface area contributed by atoms with Crippen LogP contribution in [-0.4, -0.2) is 28.4 Å². The van der Waals surface area contributed by atoms with Gasteiger partial charge >= 0.3 is 0 Å². The van der Waals surface area contributed by atoms with Crippen LogP contribution in [0.1, 0.15) is 29.0 Å². The molecule has 0 fully saturated rings. The van der Waals surface area contributed by atoms with Crippen LogP contribution in [0, 0.1) is 0 Å². The molecule has 1 N–H and O–H groups in total. The van der Waals surface area contributed by atoms with Gasteiger partial charge in [-0.25, -0.2) is 0 Å². The molecule has 2 atom stereocenters. The monoisotopic (exact) mass is 383 g/mol. The van der Waals surface area contributed by atoms with Crippen LogP contribution >= 0.6 is 0 Å².